The van der Waals surface area contributed by atoms with Gasteiger partial charge in [0.05, 0.1) is 16.5 Å². The van der Waals surface area contributed by atoms with Gasteiger partial charge in [-0.3, -0.25) is 9.59 Å². The quantitative estimate of drug-likeness (QED) is 0.668. The zero-order valence-corrected chi connectivity index (χ0v) is 13.6. The van der Waals surface area contributed by atoms with Crippen LogP contribution in [0.3, 0.4) is 0 Å². The number of anilines is 1. The van der Waals surface area contributed by atoms with Crippen LogP contribution in [0.5, 0.6) is 0 Å². The number of nitrogens with one attached hydrogen (secondary N) is 1. The zero-order valence-electron chi connectivity index (χ0n) is 12.0. The number of aryl methyl sites for hydroxylation is 2. The smallest absolute Gasteiger partial charge is 0.320 e. The zero-order chi connectivity index (χ0) is 16.0. The molecule has 0 spiro atoms. The van der Waals surface area contributed by atoms with E-state index in [1.165, 1.54) is 11.8 Å². The summed E-state index contributed by atoms with van der Waals surface area (Å²) >= 11 is 7.46. The minimum Gasteiger partial charge on any atom is -0.480 e. The molecule has 21 heavy (non-hydrogen) atoms. The highest BCUT2D eigenvalue weighted by molar-refractivity contribution is 7.99. The molecule has 1 amide bonds. The first-order chi connectivity index (χ1) is 9.81. The van der Waals surface area contributed by atoms with Gasteiger partial charge < -0.3 is 16.2 Å². The maximum Gasteiger partial charge on any atom is 0.320 e. The molecule has 1 aromatic rings. The number of halogens is 1. The second-order valence-corrected chi connectivity index (χ2v) is 6.29. The van der Waals surface area contributed by atoms with Crippen LogP contribution in [0.15, 0.2) is 12.1 Å². The van der Waals surface area contributed by atoms with Gasteiger partial charge in [-0.25, -0.2) is 0 Å². The molecule has 0 saturated carbocycles. The van der Waals surface area contributed by atoms with Crippen LogP contribution in [-0.4, -0.2) is 34.5 Å². The fraction of sp³-hybridized carbons (Fsp3) is 0.429. The van der Waals surface area contributed by atoms with Crippen molar-refractivity contribution in [3.63, 3.8) is 0 Å². The second kappa shape index (κ2) is 8.26. The summed E-state index contributed by atoms with van der Waals surface area (Å²) in [5.74, 6) is -0.447. The molecule has 0 aliphatic rings. The lowest BCUT2D eigenvalue weighted by atomic mass is 10.1. The molecule has 0 aromatic heterocycles. The van der Waals surface area contributed by atoms with Crippen molar-refractivity contribution < 1.29 is 14.7 Å². The lowest BCUT2D eigenvalue weighted by Gasteiger charge is -2.11. The predicted octanol–water partition coefficient (Wildman–Crippen LogP) is 2.43. The van der Waals surface area contributed by atoms with Gasteiger partial charge in [-0.05, 0) is 43.2 Å². The first kappa shape index (κ1) is 17.8. The molecule has 5 nitrogen and oxygen atoms in total. The number of aliphatic carboxylic acids is 1. The van der Waals surface area contributed by atoms with Crippen molar-refractivity contribution in [1.29, 1.82) is 0 Å². The number of thioether (sulfide) groups is 1. The van der Waals surface area contributed by atoms with E-state index < -0.39 is 12.0 Å². The second-order valence-electron chi connectivity index (χ2n) is 4.77. The molecule has 0 saturated heterocycles. The van der Waals surface area contributed by atoms with Crippen LogP contribution >= 0.6 is 23.4 Å². The van der Waals surface area contributed by atoms with Gasteiger partial charge in [-0.15, -0.1) is 0 Å². The van der Waals surface area contributed by atoms with Crippen LogP contribution in [0.2, 0.25) is 5.02 Å². The molecule has 4 N–H and O–H groups in total. The Labute approximate surface area is 133 Å². The topological polar surface area (TPSA) is 92.4 Å². The number of carboxylic acid groups (broad SMARTS) is 1. The Morgan fingerprint density at radius 1 is 1.43 bits per heavy atom. The minimum absolute atomic E-state index is 0.169. The molecule has 1 rings (SSSR count). The van der Waals surface area contributed by atoms with E-state index in [0.717, 1.165) is 11.1 Å². The number of benzene rings is 1. The van der Waals surface area contributed by atoms with Crippen LogP contribution in [0.25, 0.3) is 0 Å². The summed E-state index contributed by atoms with van der Waals surface area (Å²) < 4.78 is 0. The third-order valence-electron chi connectivity index (χ3n) is 2.82. The van der Waals surface area contributed by atoms with Crippen LogP contribution in [-0.2, 0) is 9.59 Å². The van der Waals surface area contributed by atoms with E-state index in [4.69, 9.17) is 22.4 Å². The van der Waals surface area contributed by atoms with Crippen molar-refractivity contribution in [3.8, 4) is 0 Å². The molecule has 7 heteroatoms. The van der Waals surface area contributed by atoms with Crippen LogP contribution in [0.4, 0.5) is 5.69 Å². The average Bonchev–Trinajstić information content (AvgIpc) is 2.38. The average molecular weight is 331 g/mol. The number of carbonyl (C=O) groups excluding carboxylic acids is 1. The molecule has 116 valence electrons. The first-order valence-corrected chi connectivity index (χ1v) is 7.97. The highest BCUT2D eigenvalue weighted by Gasteiger charge is 2.12. The Bertz CT molecular complexity index is 514. The summed E-state index contributed by atoms with van der Waals surface area (Å²) in [5, 5.41) is 11.9. The van der Waals surface area contributed by atoms with Gasteiger partial charge in [-0.1, -0.05) is 17.7 Å². The van der Waals surface area contributed by atoms with E-state index in [9.17, 15) is 9.59 Å². The van der Waals surface area contributed by atoms with Gasteiger partial charge in [0.1, 0.15) is 6.04 Å². The molecular formula is C14H19ClN2O3S. The van der Waals surface area contributed by atoms with Crippen molar-refractivity contribution >= 4 is 40.9 Å². The molecule has 0 radical (unpaired) electrons. The molecule has 0 fully saturated rings. The fourth-order valence-electron chi connectivity index (χ4n) is 1.75. The van der Waals surface area contributed by atoms with Crippen molar-refractivity contribution in [2.75, 3.05) is 16.8 Å². The number of nitrogens with two attached hydrogens (primary N) is 1. The molecular weight excluding hydrogens is 312 g/mol. The largest absolute Gasteiger partial charge is 0.480 e. The Morgan fingerprint density at radius 3 is 2.67 bits per heavy atom. The maximum absolute atomic E-state index is 11.8. The lowest BCUT2D eigenvalue weighted by molar-refractivity contribution is -0.138. The van der Waals surface area contributed by atoms with E-state index in [2.05, 4.69) is 5.32 Å². The Morgan fingerprint density at radius 2 is 2.10 bits per heavy atom. The Kier molecular flexibility index (Phi) is 7.01. The monoisotopic (exact) mass is 330 g/mol. The predicted molar refractivity (Wildman–Crippen MR) is 87.1 cm³/mol. The number of carbonyl (C=O) groups is 2. The van der Waals surface area contributed by atoms with Crippen LogP contribution < -0.4 is 11.1 Å². The number of amides is 1. The van der Waals surface area contributed by atoms with E-state index in [1.807, 2.05) is 19.9 Å². The van der Waals surface area contributed by atoms with Gasteiger partial charge in [0.2, 0.25) is 5.91 Å². The molecule has 1 unspecified atom stereocenters. The van der Waals surface area contributed by atoms with Gasteiger partial charge >= 0.3 is 5.97 Å². The highest BCUT2D eigenvalue weighted by Crippen LogP contribution is 2.27. The maximum atomic E-state index is 11.8. The molecule has 0 heterocycles. The summed E-state index contributed by atoms with van der Waals surface area (Å²) in [7, 11) is 0. The van der Waals surface area contributed by atoms with E-state index in [-0.39, 0.29) is 11.7 Å². The SMILES string of the molecule is Cc1cc(C)c(NC(=O)CSCCC(N)C(=O)O)c(Cl)c1. The van der Waals surface area contributed by atoms with E-state index in [1.54, 1.807) is 6.07 Å². The summed E-state index contributed by atoms with van der Waals surface area (Å²) in [4.78, 5) is 22.4. The van der Waals surface area contributed by atoms with Crippen molar-refractivity contribution in [2.45, 2.75) is 26.3 Å². The van der Waals surface area contributed by atoms with E-state index in [0.29, 0.717) is 22.9 Å². The molecule has 0 aliphatic carbocycles. The normalized spacial score (nSPS) is 12.0. The van der Waals surface area contributed by atoms with Crippen LogP contribution in [0, 0.1) is 13.8 Å². The summed E-state index contributed by atoms with van der Waals surface area (Å²) in [6.45, 7) is 3.82. The number of carboxylic acids is 1. The number of rotatable bonds is 7. The van der Waals surface area contributed by atoms with Gasteiger partial charge in [0, 0.05) is 0 Å². The van der Waals surface area contributed by atoms with Gasteiger partial charge in [0.15, 0.2) is 0 Å². The Hall–Kier alpha value is -1.24. The summed E-state index contributed by atoms with van der Waals surface area (Å²) in [5.41, 5.74) is 7.94. The number of hydrogen-bond acceptors (Lipinski definition) is 4. The third kappa shape index (κ3) is 5.95. The lowest BCUT2D eigenvalue weighted by Crippen LogP contribution is -2.30. The number of hydrogen-bond donors (Lipinski definition) is 3. The molecule has 0 bridgehead atoms. The summed E-state index contributed by atoms with van der Waals surface area (Å²) in [6, 6.07) is 2.86. The molecule has 1 aromatic carbocycles. The van der Waals surface area contributed by atoms with Crippen molar-refractivity contribution in [2.24, 2.45) is 5.73 Å². The third-order valence-corrected chi connectivity index (χ3v) is 4.11. The van der Waals surface area contributed by atoms with Crippen molar-refractivity contribution in [3.05, 3.63) is 28.3 Å². The first-order valence-electron chi connectivity index (χ1n) is 6.44. The summed E-state index contributed by atoms with van der Waals surface area (Å²) in [6.07, 6.45) is 0.331. The van der Waals surface area contributed by atoms with Crippen molar-refractivity contribution in [1.82, 2.24) is 0 Å². The fourth-order valence-corrected chi connectivity index (χ4v) is 2.94. The molecule has 1 atom stereocenters. The van der Waals surface area contributed by atoms with Crippen LogP contribution in [0.1, 0.15) is 17.5 Å². The Balaban J connectivity index is 2.43. The minimum atomic E-state index is -1.03. The van der Waals surface area contributed by atoms with E-state index >= 15 is 0 Å². The van der Waals surface area contributed by atoms with Gasteiger partial charge in [0.25, 0.3) is 0 Å². The standard InChI is InChI=1S/C14H19ClN2O3S/c1-8-5-9(2)13(10(15)6-8)17-12(18)7-21-4-3-11(16)14(19)20/h5-6,11H,3-4,7,16H2,1-2H3,(H,17,18)(H,19,20). The highest BCUT2D eigenvalue weighted by atomic mass is 35.5. The molecule has 0 aliphatic heterocycles. The van der Waals surface area contributed by atoms with Gasteiger partial charge in [-0.2, -0.15) is 11.8 Å².